The minimum absolute atomic E-state index is 0.153. The van der Waals surface area contributed by atoms with Gasteiger partial charge in [0.15, 0.2) is 0 Å². The highest BCUT2D eigenvalue weighted by atomic mass is 32.2. The molecule has 0 bridgehead atoms. The van der Waals surface area contributed by atoms with Crippen LogP contribution in [0.15, 0.2) is 36.4 Å². The van der Waals surface area contributed by atoms with Gasteiger partial charge in [0.2, 0.25) is 0 Å². The molecule has 4 heterocycles. The van der Waals surface area contributed by atoms with Crippen molar-refractivity contribution in [2.45, 2.75) is 102 Å². The molecule has 1 aromatic heterocycles. The number of nitrogens with one attached hydrogen (secondary N) is 1. The summed E-state index contributed by atoms with van der Waals surface area (Å²) in [5.74, 6) is 0.718. The van der Waals surface area contributed by atoms with Gasteiger partial charge in [-0.15, -0.1) is 0 Å². The van der Waals surface area contributed by atoms with Gasteiger partial charge in [-0.2, -0.15) is 12.7 Å². The Morgan fingerprint density at radius 3 is 2.42 bits per heavy atom. The van der Waals surface area contributed by atoms with Crippen molar-refractivity contribution in [3.8, 4) is 17.0 Å². The maximum atomic E-state index is 13.5. The predicted octanol–water partition coefficient (Wildman–Crippen LogP) is 6.20. The Balaban J connectivity index is 1.15. The average molecular weight is 748 g/mol. The van der Waals surface area contributed by atoms with Gasteiger partial charge in [0.05, 0.1) is 31.7 Å². The van der Waals surface area contributed by atoms with E-state index in [1.807, 2.05) is 39.0 Å². The first-order valence-electron chi connectivity index (χ1n) is 19.4. The zero-order valence-electron chi connectivity index (χ0n) is 31.5. The third-order valence-corrected chi connectivity index (χ3v) is 13.4. The Bertz CT molecular complexity index is 2010. The Morgan fingerprint density at radius 2 is 1.70 bits per heavy atom. The molecule has 4 fully saturated rings. The number of methoxy groups -OCH3 is 1. The van der Waals surface area contributed by atoms with Crippen molar-refractivity contribution < 1.29 is 32.2 Å². The summed E-state index contributed by atoms with van der Waals surface area (Å²) in [4.78, 5) is 30.5. The van der Waals surface area contributed by atoms with Crippen molar-refractivity contribution >= 4 is 33.1 Å². The van der Waals surface area contributed by atoms with Crippen LogP contribution in [-0.4, -0.2) is 103 Å². The number of nitrogens with zero attached hydrogens (tertiary/aromatic N) is 4. The number of amides is 2. The van der Waals surface area contributed by atoms with E-state index in [9.17, 15) is 18.0 Å². The molecular weight excluding hydrogens is 695 g/mol. The summed E-state index contributed by atoms with van der Waals surface area (Å²) in [6.07, 6.45) is 7.99. The van der Waals surface area contributed by atoms with Gasteiger partial charge in [-0.1, -0.05) is 25.3 Å². The van der Waals surface area contributed by atoms with Crippen molar-refractivity contribution in [2.24, 2.45) is 0 Å². The first kappa shape index (κ1) is 36.3. The summed E-state index contributed by atoms with van der Waals surface area (Å²) in [6.45, 7) is 10.3. The summed E-state index contributed by atoms with van der Waals surface area (Å²) in [7, 11) is -2.19. The number of aromatic nitrogens is 1. The zero-order valence-corrected chi connectivity index (χ0v) is 32.3. The molecule has 286 valence electrons. The van der Waals surface area contributed by atoms with Crippen molar-refractivity contribution in [1.29, 1.82) is 0 Å². The van der Waals surface area contributed by atoms with E-state index in [0.29, 0.717) is 57.5 Å². The third-order valence-electron chi connectivity index (χ3n) is 11.9. The van der Waals surface area contributed by atoms with Gasteiger partial charge in [0.1, 0.15) is 11.4 Å². The number of fused-ring (bicyclic) bond motifs is 7. The van der Waals surface area contributed by atoms with Crippen LogP contribution in [-0.2, 0) is 26.2 Å². The van der Waals surface area contributed by atoms with Gasteiger partial charge in [0.25, 0.3) is 5.91 Å². The molecule has 2 unspecified atom stereocenters. The normalized spacial score (nSPS) is 23.9. The molecule has 3 aliphatic heterocycles. The van der Waals surface area contributed by atoms with E-state index in [1.54, 1.807) is 18.1 Å². The van der Waals surface area contributed by atoms with Gasteiger partial charge in [-0.25, -0.2) is 9.52 Å². The molecule has 2 atom stereocenters. The number of benzene rings is 2. The minimum atomic E-state index is -3.89. The number of ether oxygens (including phenoxy) is 3. The van der Waals surface area contributed by atoms with Crippen LogP contribution in [0.4, 0.5) is 4.79 Å². The summed E-state index contributed by atoms with van der Waals surface area (Å²) < 4.78 is 50.2. The molecule has 12 nitrogen and oxygen atoms in total. The van der Waals surface area contributed by atoms with Gasteiger partial charge >= 0.3 is 16.3 Å². The van der Waals surface area contributed by atoms with Crippen molar-refractivity contribution in [3.05, 3.63) is 53.1 Å². The van der Waals surface area contributed by atoms with E-state index >= 15 is 0 Å². The quantitative estimate of drug-likeness (QED) is 0.289. The molecule has 0 spiro atoms. The Labute approximate surface area is 312 Å². The Morgan fingerprint density at radius 1 is 0.925 bits per heavy atom. The number of carbonyl (C=O) groups excluding carboxylic acids is 2. The number of carbonyl (C=O) groups is 2. The molecule has 2 saturated carbocycles. The fraction of sp³-hybridized carbons (Fsp3) is 0.600. The topological polar surface area (TPSA) is 123 Å². The molecule has 13 heteroatoms. The molecule has 5 aliphatic rings. The number of hydrogen-bond acceptors (Lipinski definition) is 8. The lowest BCUT2D eigenvalue weighted by molar-refractivity contribution is -0.0466. The van der Waals surface area contributed by atoms with Crippen LogP contribution in [0.5, 0.6) is 5.75 Å². The van der Waals surface area contributed by atoms with Gasteiger partial charge in [-0.3, -0.25) is 9.69 Å². The monoisotopic (exact) mass is 747 g/mol. The van der Waals surface area contributed by atoms with Crippen molar-refractivity contribution in [1.82, 2.24) is 23.4 Å². The van der Waals surface area contributed by atoms with E-state index in [0.717, 1.165) is 55.3 Å². The van der Waals surface area contributed by atoms with Crippen LogP contribution in [0.1, 0.15) is 105 Å². The summed E-state index contributed by atoms with van der Waals surface area (Å²) in [5.41, 5.74) is 5.09. The summed E-state index contributed by atoms with van der Waals surface area (Å²) in [6, 6.07) is 12.1. The number of hydrogen-bond donors (Lipinski definition) is 1. The summed E-state index contributed by atoms with van der Waals surface area (Å²) in [5, 5.41) is 1.11. The molecular formula is C40H53N5O7S. The molecule has 2 saturated heterocycles. The molecule has 0 radical (unpaired) electrons. The lowest BCUT2D eigenvalue weighted by Gasteiger charge is -2.29. The molecule has 2 aromatic carbocycles. The molecule has 2 amide bonds. The first-order valence-corrected chi connectivity index (χ1v) is 20.8. The van der Waals surface area contributed by atoms with Crippen LogP contribution in [0.3, 0.4) is 0 Å². The fourth-order valence-electron chi connectivity index (χ4n) is 8.87. The molecule has 2 aliphatic carbocycles. The van der Waals surface area contributed by atoms with Crippen LogP contribution < -0.4 is 9.46 Å². The smallest absolute Gasteiger partial charge is 0.410 e. The molecule has 8 rings (SSSR count). The first-order chi connectivity index (χ1) is 25.4. The van der Waals surface area contributed by atoms with Crippen LogP contribution in [0.2, 0.25) is 0 Å². The van der Waals surface area contributed by atoms with E-state index < -0.39 is 27.3 Å². The zero-order chi connectivity index (χ0) is 37.1. The van der Waals surface area contributed by atoms with Crippen LogP contribution in [0, 0.1) is 0 Å². The Hall–Kier alpha value is -3.65. The van der Waals surface area contributed by atoms with E-state index in [4.69, 9.17) is 14.2 Å². The molecule has 3 aromatic rings. The average Bonchev–Trinajstić information content (AvgIpc) is 3.80. The predicted molar refractivity (Wildman–Crippen MR) is 202 cm³/mol. The van der Waals surface area contributed by atoms with Crippen molar-refractivity contribution in [2.75, 3.05) is 53.1 Å². The Kier molecular flexibility index (Phi) is 9.52. The van der Waals surface area contributed by atoms with Gasteiger partial charge in [-0.05, 0) is 100 Å². The second-order valence-corrected chi connectivity index (χ2v) is 18.3. The van der Waals surface area contributed by atoms with E-state index in [1.165, 1.54) is 46.0 Å². The summed E-state index contributed by atoms with van der Waals surface area (Å²) >= 11 is 0. The van der Waals surface area contributed by atoms with E-state index in [2.05, 4.69) is 26.3 Å². The standard InChI is InChI=1S/C40H53N5O7S/c1-39(2,3)52-38(47)43-17-8-16-42(20-21-43)26-51-40-24-33(40)32-23-29(50-4)13-15-30(32)36-35(27-10-6-5-7-11-27)31-14-12-28(22-34(31)45(36)25-40)37(46)41-53(48,49)44-18-9-19-44/h12-15,22-23,27,33H,5-11,16-21,24-26H2,1-4H3,(H,41,46). The second-order valence-electron chi connectivity index (χ2n) is 16.6. The fourth-order valence-corrected chi connectivity index (χ4v) is 10.1. The van der Waals surface area contributed by atoms with Gasteiger partial charge in [0, 0.05) is 67.2 Å². The molecule has 1 N–H and O–H groups in total. The van der Waals surface area contributed by atoms with Crippen LogP contribution in [0.25, 0.3) is 22.2 Å². The lowest BCUT2D eigenvalue weighted by Crippen LogP contribution is -2.49. The van der Waals surface area contributed by atoms with Crippen molar-refractivity contribution in [3.63, 3.8) is 0 Å². The molecule has 53 heavy (non-hydrogen) atoms. The van der Waals surface area contributed by atoms with Gasteiger partial charge < -0.3 is 23.7 Å². The minimum Gasteiger partial charge on any atom is -0.497 e. The van der Waals surface area contributed by atoms with E-state index in [-0.39, 0.29) is 12.0 Å². The second kappa shape index (κ2) is 13.9. The largest absolute Gasteiger partial charge is 0.497 e. The maximum Gasteiger partial charge on any atom is 0.410 e. The maximum absolute atomic E-state index is 13.5. The number of rotatable bonds is 8. The highest BCUT2D eigenvalue weighted by Crippen LogP contribution is 2.61. The van der Waals surface area contributed by atoms with Crippen LogP contribution >= 0.6 is 0 Å². The highest BCUT2D eigenvalue weighted by Gasteiger charge is 2.59. The third kappa shape index (κ3) is 7.05. The highest BCUT2D eigenvalue weighted by molar-refractivity contribution is 7.87. The lowest BCUT2D eigenvalue weighted by atomic mass is 9.81. The SMILES string of the molecule is COc1ccc2c(c1)C1CC1(OCN1CCCN(C(=O)OC(C)(C)C)CC1)Cn1c-2c(C2CCCCC2)c2ccc(C(=O)NS(=O)(=O)N3CCC3)cc21.